The molecule has 9 nitrogen and oxygen atoms in total. The van der Waals surface area contributed by atoms with Crippen LogP contribution in [0.3, 0.4) is 0 Å². The average Bonchev–Trinajstić information content (AvgIpc) is 2.83. The summed E-state index contributed by atoms with van der Waals surface area (Å²) in [5.41, 5.74) is 2.13. The van der Waals surface area contributed by atoms with Gasteiger partial charge >= 0.3 is 0 Å². The standard InChI is InChI=1S/C23H24BrN7O2/c1-4-17(22-26-8-14(24)9-27-22)30-11-16-12-33-21-20(31(16)10-13(30)2)19-18(29(3)23(21)32)6-5-15(7-25)28-19/h5-6,8-9,13,16-17H,4,10-12H2,1-3H3/t13-,16+,17-/m1/s1. The van der Waals surface area contributed by atoms with E-state index in [1.54, 1.807) is 36.1 Å². The molecule has 0 saturated carbocycles. The maximum atomic E-state index is 13.1. The second-order valence-corrected chi connectivity index (χ2v) is 9.48. The third kappa shape index (κ3) is 3.56. The zero-order valence-corrected chi connectivity index (χ0v) is 20.3. The van der Waals surface area contributed by atoms with Crippen molar-refractivity contribution in [2.75, 3.05) is 24.6 Å². The number of piperazine rings is 1. The molecular formula is C23H24BrN7O2. The number of ether oxygens (including phenoxy) is 1. The number of halogens is 1. The van der Waals surface area contributed by atoms with Crippen molar-refractivity contribution in [3.8, 4) is 11.8 Å². The van der Waals surface area contributed by atoms with E-state index >= 15 is 0 Å². The van der Waals surface area contributed by atoms with Crippen LogP contribution in [0, 0.1) is 11.3 Å². The quantitative estimate of drug-likeness (QED) is 0.531. The van der Waals surface area contributed by atoms with Crippen LogP contribution in [0.2, 0.25) is 0 Å². The minimum Gasteiger partial charge on any atom is -0.484 e. The Labute approximate surface area is 199 Å². The molecule has 1 saturated heterocycles. The second-order valence-electron chi connectivity index (χ2n) is 8.56. The number of aryl methyl sites for hydroxylation is 1. The van der Waals surface area contributed by atoms with Crippen molar-refractivity contribution in [3.05, 3.63) is 50.9 Å². The maximum absolute atomic E-state index is 13.1. The van der Waals surface area contributed by atoms with Gasteiger partial charge in [0.25, 0.3) is 5.56 Å². The summed E-state index contributed by atoms with van der Waals surface area (Å²) in [4.78, 5) is 31.4. The molecule has 10 heteroatoms. The number of hydrogen-bond acceptors (Lipinski definition) is 8. The molecule has 33 heavy (non-hydrogen) atoms. The van der Waals surface area contributed by atoms with Gasteiger partial charge in [0.2, 0.25) is 5.75 Å². The average molecular weight is 510 g/mol. The Kier molecular flexibility index (Phi) is 5.54. The summed E-state index contributed by atoms with van der Waals surface area (Å²) in [5, 5.41) is 9.40. The van der Waals surface area contributed by atoms with E-state index < -0.39 is 0 Å². The Morgan fingerprint density at radius 3 is 2.76 bits per heavy atom. The number of rotatable bonds is 3. The topological polar surface area (TPSA) is 100 Å². The van der Waals surface area contributed by atoms with Crippen molar-refractivity contribution in [1.29, 1.82) is 5.26 Å². The van der Waals surface area contributed by atoms with Crippen LogP contribution in [0.15, 0.2) is 33.8 Å². The molecule has 5 heterocycles. The first-order valence-electron chi connectivity index (χ1n) is 11.0. The molecule has 0 N–H and O–H groups in total. The van der Waals surface area contributed by atoms with E-state index in [0.717, 1.165) is 23.3 Å². The number of anilines is 1. The molecule has 0 unspecified atom stereocenters. The van der Waals surface area contributed by atoms with E-state index in [4.69, 9.17) is 4.74 Å². The first-order chi connectivity index (χ1) is 15.9. The normalized spacial score (nSPS) is 21.1. The Morgan fingerprint density at radius 1 is 1.30 bits per heavy atom. The number of nitrogens with zero attached hydrogens (tertiary/aromatic N) is 7. The van der Waals surface area contributed by atoms with Crippen LogP contribution in [0.4, 0.5) is 5.69 Å². The van der Waals surface area contributed by atoms with Crippen molar-refractivity contribution in [2.45, 2.75) is 38.4 Å². The summed E-state index contributed by atoms with van der Waals surface area (Å²) in [6.07, 6.45) is 4.45. The van der Waals surface area contributed by atoms with Gasteiger partial charge in [0, 0.05) is 38.6 Å². The lowest BCUT2D eigenvalue weighted by molar-refractivity contribution is 0.0785. The lowest BCUT2D eigenvalue weighted by Crippen LogP contribution is -2.61. The second kappa shape index (κ2) is 8.39. The molecule has 0 aromatic carbocycles. The molecule has 0 radical (unpaired) electrons. The van der Waals surface area contributed by atoms with Crippen LogP contribution >= 0.6 is 15.9 Å². The van der Waals surface area contributed by atoms with Crippen LogP contribution in [0.5, 0.6) is 5.75 Å². The Bertz CT molecular complexity index is 1320. The molecule has 0 amide bonds. The molecule has 3 aromatic heterocycles. The molecule has 170 valence electrons. The van der Waals surface area contributed by atoms with E-state index in [1.165, 1.54) is 0 Å². The first-order valence-corrected chi connectivity index (χ1v) is 11.8. The fourth-order valence-electron chi connectivity index (χ4n) is 4.98. The molecule has 3 aromatic rings. The van der Waals surface area contributed by atoms with Gasteiger partial charge in [-0.1, -0.05) is 6.92 Å². The Balaban J connectivity index is 1.56. The van der Waals surface area contributed by atoms with Crippen LogP contribution < -0.4 is 15.2 Å². The summed E-state index contributed by atoms with van der Waals surface area (Å²) in [5.74, 6) is 1.12. The monoisotopic (exact) mass is 509 g/mol. The van der Waals surface area contributed by atoms with Crippen molar-refractivity contribution in [1.82, 2.24) is 24.4 Å². The van der Waals surface area contributed by atoms with Gasteiger partial charge in [-0.3, -0.25) is 9.69 Å². The van der Waals surface area contributed by atoms with Crippen LogP contribution in [-0.4, -0.2) is 56.2 Å². The van der Waals surface area contributed by atoms with Crippen LogP contribution in [0.25, 0.3) is 11.0 Å². The zero-order valence-electron chi connectivity index (χ0n) is 18.7. The van der Waals surface area contributed by atoms with Crippen molar-refractivity contribution >= 4 is 32.7 Å². The van der Waals surface area contributed by atoms with E-state index in [9.17, 15) is 10.1 Å². The van der Waals surface area contributed by atoms with Gasteiger partial charge in [0.1, 0.15) is 35.4 Å². The van der Waals surface area contributed by atoms with Crippen molar-refractivity contribution in [2.24, 2.45) is 7.05 Å². The number of pyridine rings is 2. The van der Waals surface area contributed by atoms with Gasteiger partial charge in [-0.15, -0.1) is 0 Å². The van der Waals surface area contributed by atoms with Gasteiger partial charge in [0.05, 0.1) is 22.1 Å². The Morgan fingerprint density at radius 2 is 2.06 bits per heavy atom. The third-order valence-electron chi connectivity index (χ3n) is 6.61. The van der Waals surface area contributed by atoms with Gasteiger partial charge in [0.15, 0.2) is 0 Å². The van der Waals surface area contributed by atoms with Gasteiger partial charge < -0.3 is 14.2 Å². The zero-order chi connectivity index (χ0) is 23.3. The predicted molar refractivity (Wildman–Crippen MR) is 127 cm³/mol. The molecule has 5 rings (SSSR count). The summed E-state index contributed by atoms with van der Waals surface area (Å²) in [6, 6.07) is 5.84. The fourth-order valence-corrected chi connectivity index (χ4v) is 5.18. The highest BCUT2D eigenvalue weighted by molar-refractivity contribution is 9.10. The van der Waals surface area contributed by atoms with Gasteiger partial charge in [-0.25, -0.2) is 15.0 Å². The van der Waals surface area contributed by atoms with E-state index in [-0.39, 0.29) is 23.7 Å². The lowest BCUT2D eigenvalue weighted by atomic mass is 10.00. The molecule has 1 fully saturated rings. The molecule has 3 atom stereocenters. The fraction of sp³-hybridized carbons (Fsp3) is 0.435. The van der Waals surface area contributed by atoms with Gasteiger partial charge in [-0.2, -0.15) is 5.26 Å². The number of nitriles is 1. The molecular weight excluding hydrogens is 486 g/mol. The molecule has 0 bridgehead atoms. The highest BCUT2D eigenvalue weighted by Crippen LogP contribution is 2.40. The molecule has 0 spiro atoms. The van der Waals surface area contributed by atoms with E-state index in [0.29, 0.717) is 41.3 Å². The summed E-state index contributed by atoms with van der Waals surface area (Å²) >= 11 is 3.41. The maximum Gasteiger partial charge on any atom is 0.295 e. The lowest BCUT2D eigenvalue weighted by Gasteiger charge is -2.50. The SMILES string of the molecule is CC[C@H](c1ncc(Br)cn1)N1C[C@H]2COc3c(c4nc(C#N)ccc4n(C)c3=O)N2C[C@H]1C. The molecule has 0 aliphatic carbocycles. The first kappa shape index (κ1) is 21.8. The largest absolute Gasteiger partial charge is 0.484 e. The van der Waals surface area contributed by atoms with Gasteiger partial charge in [-0.05, 0) is 41.4 Å². The van der Waals surface area contributed by atoms with Crippen molar-refractivity contribution < 1.29 is 4.74 Å². The van der Waals surface area contributed by atoms with E-state index in [1.807, 2.05) is 0 Å². The van der Waals surface area contributed by atoms with Crippen LogP contribution in [0.1, 0.15) is 37.8 Å². The number of aromatic nitrogens is 4. The van der Waals surface area contributed by atoms with E-state index in [2.05, 4.69) is 60.6 Å². The number of hydrogen-bond donors (Lipinski definition) is 0. The third-order valence-corrected chi connectivity index (χ3v) is 7.02. The summed E-state index contributed by atoms with van der Waals surface area (Å²) in [7, 11) is 1.71. The molecule has 2 aliphatic heterocycles. The van der Waals surface area contributed by atoms with Crippen LogP contribution in [-0.2, 0) is 7.05 Å². The van der Waals surface area contributed by atoms with Crippen molar-refractivity contribution in [3.63, 3.8) is 0 Å². The summed E-state index contributed by atoms with van der Waals surface area (Å²) < 4.78 is 8.44. The minimum absolute atomic E-state index is 0.0426. The minimum atomic E-state index is -0.188. The Hall–Kier alpha value is -3.03. The highest BCUT2D eigenvalue weighted by atomic mass is 79.9. The highest BCUT2D eigenvalue weighted by Gasteiger charge is 2.41. The smallest absolute Gasteiger partial charge is 0.295 e. The summed E-state index contributed by atoms with van der Waals surface area (Å²) in [6.45, 7) is 6.19. The number of fused-ring (bicyclic) bond motifs is 5. The predicted octanol–water partition coefficient (Wildman–Crippen LogP) is 2.78. The molecule has 2 aliphatic rings.